The summed E-state index contributed by atoms with van der Waals surface area (Å²) in [5.41, 5.74) is -0.613. The molecule has 0 radical (unpaired) electrons. The largest absolute Gasteiger partial charge is 0.313 e. The molecule has 1 N–H and O–H groups in total. The molecule has 1 rings (SSSR count). The van der Waals surface area contributed by atoms with E-state index in [0.717, 1.165) is 6.07 Å². The van der Waals surface area contributed by atoms with Crippen LogP contribution in [0.2, 0.25) is 0 Å². The number of likely N-dealkylation sites (N-methyl/N-ethyl adjacent to an activating group) is 1. The molecule has 0 heterocycles. The Bertz CT molecular complexity index is 438. The first kappa shape index (κ1) is 11.3. The Labute approximate surface area is 85.3 Å². The number of carbonyl (C=O) groups is 1. The molecule has 0 aromatic heterocycles. The highest BCUT2D eigenvalue weighted by Crippen LogP contribution is 2.14. The highest BCUT2D eigenvalue weighted by Gasteiger charge is 2.15. The molecule has 0 saturated carbocycles. The van der Waals surface area contributed by atoms with E-state index in [4.69, 9.17) is 5.26 Å². The van der Waals surface area contributed by atoms with Crippen molar-refractivity contribution in [3.8, 4) is 6.07 Å². The van der Waals surface area contributed by atoms with Crippen LogP contribution in [-0.2, 0) is 0 Å². The van der Waals surface area contributed by atoms with Crippen molar-refractivity contribution in [1.29, 1.82) is 5.26 Å². The lowest BCUT2D eigenvalue weighted by Gasteiger charge is -2.03. The van der Waals surface area contributed by atoms with E-state index in [2.05, 4.69) is 5.32 Å². The summed E-state index contributed by atoms with van der Waals surface area (Å²) >= 11 is 0. The molecular weight excluding hydrogens is 202 g/mol. The van der Waals surface area contributed by atoms with Crippen molar-refractivity contribution in [1.82, 2.24) is 5.32 Å². The molecule has 1 aromatic rings. The normalized spacial score (nSPS) is 9.73. The highest BCUT2D eigenvalue weighted by molar-refractivity contribution is 5.98. The van der Waals surface area contributed by atoms with Gasteiger partial charge in [-0.05, 0) is 13.1 Å². The molecule has 0 saturated heterocycles. The lowest BCUT2D eigenvalue weighted by Crippen LogP contribution is -2.19. The van der Waals surface area contributed by atoms with Crippen molar-refractivity contribution in [2.45, 2.75) is 0 Å². The Hall–Kier alpha value is -1.80. The average Bonchev–Trinajstić information content (AvgIpc) is 2.18. The summed E-state index contributed by atoms with van der Waals surface area (Å²) in [7, 11) is 1.53. The standard InChI is InChI=1S/C10H8F2N2O/c1-14-5-10(15)7-2-6(4-13)8(11)3-9(7)12/h2-3,14H,5H2,1H3. The summed E-state index contributed by atoms with van der Waals surface area (Å²) in [6.45, 7) is -0.0621. The van der Waals surface area contributed by atoms with Crippen molar-refractivity contribution in [3.63, 3.8) is 0 Å². The summed E-state index contributed by atoms with van der Waals surface area (Å²) in [6, 6.07) is 3.01. The van der Waals surface area contributed by atoms with Gasteiger partial charge in [-0.15, -0.1) is 0 Å². The molecule has 1 aromatic carbocycles. The van der Waals surface area contributed by atoms with Gasteiger partial charge < -0.3 is 5.32 Å². The van der Waals surface area contributed by atoms with Crippen LogP contribution in [0.3, 0.4) is 0 Å². The predicted molar refractivity (Wildman–Crippen MR) is 49.3 cm³/mol. The van der Waals surface area contributed by atoms with Crippen LogP contribution in [0.25, 0.3) is 0 Å². The second-order valence-electron chi connectivity index (χ2n) is 2.88. The Morgan fingerprint density at radius 2 is 2.13 bits per heavy atom. The van der Waals surface area contributed by atoms with E-state index in [1.54, 1.807) is 6.07 Å². The zero-order chi connectivity index (χ0) is 11.4. The van der Waals surface area contributed by atoms with Crippen LogP contribution in [0.4, 0.5) is 8.78 Å². The lowest BCUT2D eigenvalue weighted by molar-refractivity contribution is 0.0989. The van der Waals surface area contributed by atoms with Crippen LogP contribution in [0.1, 0.15) is 15.9 Å². The highest BCUT2D eigenvalue weighted by atomic mass is 19.1. The Morgan fingerprint density at radius 3 is 2.67 bits per heavy atom. The van der Waals surface area contributed by atoms with Gasteiger partial charge in [0, 0.05) is 6.07 Å². The third-order valence-corrected chi connectivity index (χ3v) is 1.81. The maximum absolute atomic E-state index is 13.1. The van der Waals surface area contributed by atoms with Crippen LogP contribution >= 0.6 is 0 Å². The van der Waals surface area contributed by atoms with E-state index in [9.17, 15) is 13.6 Å². The molecule has 15 heavy (non-hydrogen) atoms. The number of hydrogen-bond acceptors (Lipinski definition) is 3. The predicted octanol–water partition coefficient (Wildman–Crippen LogP) is 1.24. The van der Waals surface area contributed by atoms with Crippen molar-refractivity contribution < 1.29 is 13.6 Å². The molecule has 3 nitrogen and oxygen atoms in total. The molecule has 0 aliphatic carbocycles. The smallest absolute Gasteiger partial charge is 0.179 e. The van der Waals surface area contributed by atoms with E-state index in [1.807, 2.05) is 0 Å². The van der Waals surface area contributed by atoms with Gasteiger partial charge in [0.25, 0.3) is 0 Å². The first-order valence-electron chi connectivity index (χ1n) is 4.17. The van der Waals surface area contributed by atoms with Gasteiger partial charge >= 0.3 is 0 Å². The van der Waals surface area contributed by atoms with Gasteiger partial charge in [-0.2, -0.15) is 5.26 Å². The molecule has 5 heteroatoms. The number of Topliss-reactive ketones (excluding diaryl/α,β-unsaturated/α-hetero) is 1. The van der Waals surface area contributed by atoms with Crippen LogP contribution in [0, 0.1) is 23.0 Å². The number of ketones is 1. The summed E-state index contributed by atoms with van der Waals surface area (Å²) in [4.78, 5) is 11.3. The Kier molecular flexibility index (Phi) is 3.47. The minimum atomic E-state index is -0.962. The lowest BCUT2D eigenvalue weighted by atomic mass is 10.1. The number of nitrogens with one attached hydrogen (secondary N) is 1. The first-order valence-corrected chi connectivity index (χ1v) is 4.17. The zero-order valence-electron chi connectivity index (χ0n) is 7.97. The van der Waals surface area contributed by atoms with Gasteiger partial charge in [0.15, 0.2) is 5.78 Å². The number of rotatable bonds is 3. The van der Waals surface area contributed by atoms with Crippen LogP contribution in [-0.4, -0.2) is 19.4 Å². The third-order valence-electron chi connectivity index (χ3n) is 1.81. The summed E-state index contributed by atoms with van der Waals surface area (Å²) in [5, 5.41) is 11.1. The average molecular weight is 210 g/mol. The van der Waals surface area contributed by atoms with Gasteiger partial charge in [-0.1, -0.05) is 0 Å². The molecule has 0 unspecified atom stereocenters. The van der Waals surface area contributed by atoms with Crippen LogP contribution in [0.5, 0.6) is 0 Å². The minimum Gasteiger partial charge on any atom is -0.313 e. The van der Waals surface area contributed by atoms with Crippen molar-refractivity contribution in [3.05, 3.63) is 34.9 Å². The van der Waals surface area contributed by atoms with Crippen LogP contribution < -0.4 is 5.32 Å². The van der Waals surface area contributed by atoms with Gasteiger partial charge in [0.2, 0.25) is 0 Å². The number of hydrogen-bond donors (Lipinski definition) is 1. The monoisotopic (exact) mass is 210 g/mol. The zero-order valence-corrected chi connectivity index (χ0v) is 7.97. The number of carbonyl (C=O) groups excluding carboxylic acids is 1. The first-order chi connectivity index (χ1) is 7.10. The molecule has 0 amide bonds. The van der Waals surface area contributed by atoms with E-state index >= 15 is 0 Å². The molecule has 0 aliphatic heterocycles. The Morgan fingerprint density at radius 1 is 1.47 bits per heavy atom. The minimum absolute atomic E-state index is 0.0621. The molecule has 0 bridgehead atoms. The van der Waals surface area contributed by atoms with Gasteiger partial charge in [0.1, 0.15) is 17.7 Å². The third kappa shape index (κ3) is 2.36. The molecular formula is C10H8F2N2O. The number of halogens is 2. The molecule has 78 valence electrons. The number of benzene rings is 1. The van der Waals surface area contributed by atoms with Crippen LogP contribution in [0.15, 0.2) is 12.1 Å². The van der Waals surface area contributed by atoms with E-state index in [0.29, 0.717) is 6.07 Å². The summed E-state index contributed by atoms with van der Waals surface area (Å²) in [6.07, 6.45) is 0. The van der Waals surface area contributed by atoms with Crippen molar-refractivity contribution in [2.24, 2.45) is 0 Å². The Balaban J connectivity index is 3.20. The molecule has 0 atom stereocenters. The maximum atomic E-state index is 13.1. The molecule has 0 fully saturated rings. The molecule has 0 spiro atoms. The van der Waals surface area contributed by atoms with Gasteiger partial charge in [-0.3, -0.25) is 4.79 Å². The number of nitrogens with zero attached hydrogens (tertiary/aromatic N) is 1. The van der Waals surface area contributed by atoms with E-state index in [1.165, 1.54) is 7.05 Å². The topological polar surface area (TPSA) is 52.9 Å². The molecule has 0 aliphatic rings. The van der Waals surface area contributed by atoms with Crippen molar-refractivity contribution in [2.75, 3.05) is 13.6 Å². The quantitative estimate of drug-likeness (QED) is 0.763. The van der Waals surface area contributed by atoms with Gasteiger partial charge in [-0.25, -0.2) is 8.78 Å². The van der Waals surface area contributed by atoms with E-state index in [-0.39, 0.29) is 17.7 Å². The second-order valence-corrected chi connectivity index (χ2v) is 2.88. The summed E-state index contributed by atoms with van der Waals surface area (Å²) in [5.74, 6) is -2.44. The second kappa shape index (κ2) is 4.62. The fourth-order valence-electron chi connectivity index (χ4n) is 1.10. The van der Waals surface area contributed by atoms with Crippen molar-refractivity contribution >= 4 is 5.78 Å². The number of nitriles is 1. The van der Waals surface area contributed by atoms with Gasteiger partial charge in [0.05, 0.1) is 17.7 Å². The van der Waals surface area contributed by atoms with E-state index < -0.39 is 17.4 Å². The fourth-order valence-corrected chi connectivity index (χ4v) is 1.10. The maximum Gasteiger partial charge on any atom is 0.179 e. The summed E-state index contributed by atoms with van der Waals surface area (Å²) < 4.78 is 26.0. The SMILES string of the molecule is CNCC(=O)c1cc(C#N)c(F)cc1F. The fraction of sp³-hybridized carbons (Fsp3) is 0.200.